The zero-order valence-electron chi connectivity index (χ0n) is 24.8. The van der Waals surface area contributed by atoms with E-state index in [0.717, 1.165) is 50.1 Å². The summed E-state index contributed by atoms with van der Waals surface area (Å²) in [6.45, 7) is 0. The van der Waals surface area contributed by atoms with Crippen LogP contribution in [0.1, 0.15) is 43.0 Å². The second-order valence-corrected chi connectivity index (χ2v) is 11.4. The molecule has 0 saturated heterocycles. The van der Waals surface area contributed by atoms with Crippen molar-refractivity contribution in [2.24, 2.45) is 0 Å². The van der Waals surface area contributed by atoms with Gasteiger partial charge in [0.1, 0.15) is 5.41 Å². The fourth-order valence-electron chi connectivity index (χ4n) is 6.85. The van der Waals surface area contributed by atoms with E-state index in [-0.39, 0.29) is 11.6 Å². The molecule has 6 aromatic rings. The number of hydrogen-bond donors (Lipinski definition) is 0. The van der Waals surface area contributed by atoms with Crippen LogP contribution in [0.15, 0.2) is 169 Å². The first-order valence-corrected chi connectivity index (χ1v) is 15.3. The van der Waals surface area contributed by atoms with Crippen molar-refractivity contribution in [3.63, 3.8) is 0 Å². The molecule has 0 spiro atoms. The van der Waals surface area contributed by atoms with Crippen molar-refractivity contribution in [2.75, 3.05) is 0 Å². The highest BCUT2D eigenvalue weighted by atomic mass is 16.1. The highest BCUT2D eigenvalue weighted by molar-refractivity contribution is 6.15. The summed E-state index contributed by atoms with van der Waals surface area (Å²) in [5.41, 5.74) is 12.6. The Morgan fingerprint density at radius 2 is 0.848 bits per heavy atom. The summed E-state index contributed by atoms with van der Waals surface area (Å²) in [4.78, 5) is 28.6. The standard InChI is InChI=1S/C44H26O2/c45-42(30-15-3-1-4-16-30)27-28-44(39-25-13-11-23-36(39)37-24-12-14-26-40(37)44)41(43(46)31-17-5-2-6-18-31)29-38-34-21-9-7-19-32(34)33-20-8-10-22-35(33)38/h1-26H. The van der Waals surface area contributed by atoms with Crippen molar-refractivity contribution in [2.45, 2.75) is 5.41 Å². The summed E-state index contributed by atoms with van der Waals surface area (Å²) < 4.78 is 0. The third-order valence-electron chi connectivity index (χ3n) is 8.92. The molecule has 2 heteroatoms. The van der Waals surface area contributed by atoms with Crippen molar-refractivity contribution < 1.29 is 9.59 Å². The van der Waals surface area contributed by atoms with E-state index >= 15 is 4.79 Å². The number of carbonyl (C=O) groups excluding carboxylic acids is 2. The first-order chi connectivity index (χ1) is 22.7. The summed E-state index contributed by atoms with van der Waals surface area (Å²) in [6.07, 6.45) is 0. The van der Waals surface area contributed by atoms with E-state index in [4.69, 9.17) is 0 Å². The Bertz CT molecular complexity index is 2230. The normalized spacial score (nSPS) is 12.8. The van der Waals surface area contributed by atoms with Crippen molar-refractivity contribution in [1.29, 1.82) is 0 Å². The molecule has 2 nitrogen and oxygen atoms in total. The second-order valence-electron chi connectivity index (χ2n) is 11.4. The molecule has 2 aliphatic rings. The number of fused-ring (bicyclic) bond motifs is 6. The van der Waals surface area contributed by atoms with E-state index < -0.39 is 5.41 Å². The van der Waals surface area contributed by atoms with Crippen LogP contribution in [-0.2, 0) is 5.41 Å². The van der Waals surface area contributed by atoms with Gasteiger partial charge in [0.25, 0.3) is 0 Å². The average molecular weight is 587 g/mol. The molecule has 0 bridgehead atoms. The van der Waals surface area contributed by atoms with Crippen LogP contribution in [0.25, 0.3) is 27.8 Å². The smallest absolute Gasteiger partial charge is 0.235 e. The molecule has 0 heterocycles. The van der Waals surface area contributed by atoms with Crippen LogP contribution in [0.4, 0.5) is 0 Å². The number of hydrogen-bond acceptors (Lipinski definition) is 2. The first kappa shape index (κ1) is 27.3. The zero-order valence-corrected chi connectivity index (χ0v) is 24.8. The van der Waals surface area contributed by atoms with Crippen LogP contribution >= 0.6 is 0 Å². The van der Waals surface area contributed by atoms with E-state index in [1.54, 1.807) is 12.1 Å². The summed E-state index contributed by atoms with van der Waals surface area (Å²) >= 11 is 0. The molecule has 0 saturated carbocycles. The molecule has 0 aliphatic heterocycles. The van der Waals surface area contributed by atoms with E-state index in [1.165, 1.54) is 0 Å². The number of rotatable bonds is 4. The van der Waals surface area contributed by atoms with Crippen molar-refractivity contribution in [3.8, 4) is 34.1 Å². The van der Waals surface area contributed by atoms with Gasteiger partial charge in [-0.1, -0.05) is 164 Å². The van der Waals surface area contributed by atoms with Crippen molar-refractivity contribution in [1.82, 2.24) is 0 Å². The molecule has 0 fully saturated rings. The largest absolute Gasteiger partial charge is 0.288 e. The van der Waals surface area contributed by atoms with Crippen LogP contribution in [0, 0.1) is 11.8 Å². The van der Waals surface area contributed by atoms with E-state index in [0.29, 0.717) is 16.7 Å². The molecule has 8 rings (SSSR count). The van der Waals surface area contributed by atoms with Crippen LogP contribution in [0.3, 0.4) is 0 Å². The highest BCUT2D eigenvalue weighted by Crippen LogP contribution is 2.53. The van der Waals surface area contributed by atoms with Gasteiger partial charge in [-0.05, 0) is 50.4 Å². The summed E-state index contributed by atoms with van der Waals surface area (Å²) in [5, 5.41) is 0. The maximum Gasteiger partial charge on any atom is 0.235 e. The molecular formula is C44H26O2. The number of Topliss-reactive ketones (excluding diaryl/α,β-unsaturated/α-hetero) is 2. The summed E-state index contributed by atoms with van der Waals surface area (Å²) in [5.74, 6) is 5.95. The van der Waals surface area contributed by atoms with Gasteiger partial charge in [0, 0.05) is 16.7 Å². The zero-order chi connectivity index (χ0) is 31.1. The molecule has 2 aliphatic carbocycles. The Morgan fingerprint density at radius 1 is 0.435 bits per heavy atom. The molecular weight excluding hydrogens is 560 g/mol. The van der Waals surface area contributed by atoms with Gasteiger partial charge in [-0.15, -0.1) is 5.73 Å². The molecule has 0 radical (unpaired) electrons. The van der Waals surface area contributed by atoms with Crippen molar-refractivity contribution in [3.05, 3.63) is 202 Å². The summed E-state index contributed by atoms with van der Waals surface area (Å²) in [7, 11) is 0. The van der Waals surface area contributed by atoms with Crippen molar-refractivity contribution >= 4 is 17.1 Å². The first-order valence-electron chi connectivity index (χ1n) is 15.3. The molecule has 214 valence electrons. The molecule has 46 heavy (non-hydrogen) atoms. The molecule has 0 unspecified atom stereocenters. The number of carbonyl (C=O) groups is 2. The van der Waals surface area contributed by atoms with Gasteiger partial charge in [-0.25, -0.2) is 0 Å². The van der Waals surface area contributed by atoms with E-state index in [2.05, 4.69) is 54.0 Å². The van der Waals surface area contributed by atoms with Crippen LogP contribution in [-0.4, -0.2) is 11.6 Å². The van der Waals surface area contributed by atoms with Gasteiger partial charge in [-0.3, -0.25) is 9.59 Å². The third kappa shape index (κ3) is 4.23. The highest BCUT2D eigenvalue weighted by Gasteiger charge is 2.48. The third-order valence-corrected chi connectivity index (χ3v) is 8.92. The minimum atomic E-state index is -1.27. The van der Waals surface area contributed by atoms with Gasteiger partial charge < -0.3 is 0 Å². The molecule has 0 aromatic heterocycles. The fourth-order valence-corrected chi connectivity index (χ4v) is 6.85. The Labute approximate surface area is 268 Å². The monoisotopic (exact) mass is 586 g/mol. The predicted molar refractivity (Wildman–Crippen MR) is 183 cm³/mol. The van der Waals surface area contributed by atoms with Gasteiger partial charge in [0.15, 0.2) is 5.78 Å². The Hall–Kier alpha value is -6.26. The Balaban J connectivity index is 1.53. The minimum absolute atomic E-state index is 0.192. The lowest BCUT2D eigenvalue weighted by Gasteiger charge is -2.28. The maximum absolute atomic E-state index is 15.0. The van der Waals surface area contributed by atoms with Crippen LogP contribution in [0.2, 0.25) is 0 Å². The van der Waals surface area contributed by atoms with Crippen LogP contribution < -0.4 is 0 Å². The van der Waals surface area contributed by atoms with Crippen LogP contribution in [0.5, 0.6) is 0 Å². The van der Waals surface area contributed by atoms with E-state index in [9.17, 15) is 4.79 Å². The fraction of sp³-hybridized carbons (Fsp3) is 0.0227. The van der Waals surface area contributed by atoms with Gasteiger partial charge in [0.2, 0.25) is 5.78 Å². The maximum atomic E-state index is 15.0. The number of ketones is 2. The number of allylic oxidation sites excluding steroid dienone is 1. The lowest BCUT2D eigenvalue weighted by molar-refractivity contribution is 0.102. The molecule has 0 N–H and O–H groups in total. The quantitative estimate of drug-likeness (QED) is 0.0677. The average Bonchev–Trinajstić information content (AvgIpc) is 3.60. The van der Waals surface area contributed by atoms with Gasteiger partial charge >= 0.3 is 0 Å². The second kappa shape index (κ2) is 11.0. The van der Waals surface area contributed by atoms with Gasteiger partial charge in [-0.2, -0.15) is 0 Å². The predicted octanol–water partition coefficient (Wildman–Crippen LogP) is 9.36. The van der Waals surface area contributed by atoms with E-state index in [1.807, 2.05) is 109 Å². The molecule has 6 aromatic carbocycles. The SMILES string of the molecule is O=C(C#CC1(C(=C=C2c3ccccc3-c3ccccc32)C(=O)c2ccccc2)c2ccccc2-c2ccccc21)c1ccccc1. The Kier molecular flexibility index (Phi) is 6.54. The topological polar surface area (TPSA) is 34.1 Å². The molecule has 0 amide bonds. The lowest BCUT2D eigenvalue weighted by Crippen LogP contribution is -2.31. The Morgan fingerprint density at radius 3 is 1.37 bits per heavy atom. The minimum Gasteiger partial charge on any atom is -0.288 e. The number of benzene rings is 6. The van der Waals surface area contributed by atoms with Gasteiger partial charge in [0.05, 0.1) is 5.57 Å². The summed E-state index contributed by atoms with van der Waals surface area (Å²) in [6, 6.07) is 50.9. The molecule has 0 atom stereocenters. The lowest BCUT2D eigenvalue weighted by atomic mass is 9.70.